The summed E-state index contributed by atoms with van der Waals surface area (Å²) in [5, 5.41) is 0. The molecule has 0 spiro atoms. The second-order valence-corrected chi connectivity index (χ2v) is 6.61. The number of unbranched alkanes of at least 4 members (excludes halogenated alkanes) is 2. The van der Waals surface area contributed by atoms with Crippen molar-refractivity contribution in [1.82, 2.24) is 4.90 Å². The monoisotopic (exact) mass is 251 g/mol. The van der Waals surface area contributed by atoms with Crippen molar-refractivity contribution in [2.45, 2.75) is 37.2 Å². The Morgan fingerprint density at radius 2 is 2.00 bits per heavy atom. The third-order valence-corrected chi connectivity index (χ3v) is 5.25. The zero-order valence-electron chi connectivity index (χ0n) is 9.58. The van der Waals surface area contributed by atoms with Crippen LogP contribution >= 0.6 is 35.7 Å². The van der Waals surface area contributed by atoms with Gasteiger partial charge >= 0.3 is 0 Å². The van der Waals surface area contributed by atoms with E-state index in [9.17, 15) is 0 Å². The van der Waals surface area contributed by atoms with Crippen LogP contribution in [0.25, 0.3) is 0 Å². The van der Waals surface area contributed by atoms with Gasteiger partial charge in [-0.3, -0.25) is 0 Å². The van der Waals surface area contributed by atoms with Crippen molar-refractivity contribution in [2.24, 2.45) is 0 Å². The molecule has 0 saturated heterocycles. The van der Waals surface area contributed by atoms with Gasteiger partial charge in [-0.15, -0.1) is 0 Å². The van der Waals surface area contributed by atoms with E-state index < -0.39 is 0 Å². The van der Waals surface area contributed by atoms with Crippen LogP contribution in [0.4, 0.5) is 0 Å². The summed E-state index contributed by atoms with van der Waals surface area (Å²) in [6, 6.07) is 0. The summed E-state index contributed by atoms with van der Waals surface area (Å²) in [4.78, 5) is 2.02. The number of nitrogens with zero attached hydrogens (tertiary/aromatic N) is 1. The summed E-state index contributed by atoms with van der Waals surface area (Å²) < 4.78 is 1.64. The molecule has 0 amide bonds. The van der Waals surface area contributed by atoms with Gasteiger partial charge in [-0.05, 0) is 12.7 Å². The van der Waals surface area contributed by atoms with Crippen molar-refractivity contribution in [2.75, 3.05) is 20.4 Å². The van der Waals surface area contributed by atoms with E-state index in [1.54, 1.807) is 0 Å². The molecule has 0 saturated carbocycles. The minimum absolute atomic E-state index is 0.636. The molecular formula is C10H21NS3. The molecule has 0 fully saturated rings. The van der Waals surface area contributed by atoms with Crippen LogP contribution in [-0.4, -0.2) is 34.2 Å². The predicted octanol–water partition coefficient (Wildman–Crippen LogP) is 3.84. The molecule has 0 heterocycles. The van der Waals surface area contributed by atoms with E-state index in [1.807, 2.05) is 42.5 Å². The fourth-order valence-electron chi connectivity index (χ4n) is 1.00. The smallest absolute Gasteiger partial charge is 0.136 e. The van der Waals surface area contributed by atoms with Crippen molar-refractivity contribution >= 4 is 40.1 Å². The van der Waals surface area contributed by atoms with Gasteiger partial charge in [-0.2, -0.15) is 11.8 Å². The van der Waals surface area contributed by atoms with Crippen LogP contribution in [0.2, 0.25) is 0 Å². The second kappa shape index (κ2) is 8.86. The zero-order valence-corrected chi connectivity index (χ0v) is 12.0. The van der Waals surface area contributed by atoms with E-state index in [1.165, 1.54) is 25.7 Å². The second-order valence-electron chi connectivity index (χ2n) is 3.44. The average Bonchev–Trinajstić information content (AvgIpc) is 2.16. The van der Waals surface area contributed by atoms with Gasteiger partial charge in [0.25, 0.3) is 0 Å². The van der Waals surface area contributed by atoms with E-state index in [0.717, 1.165) is 4.32 Å². The Bertz CT molecular complexity index is 159. The number of thiocarbonyl (C=S) groups is 1. The molecule has 0 N–H and O–H groups in total. The maximum absolute atomic E-state index is 5.27. The van der Waals surface area contributed by atoms with Crippen LogP contribution in [0.15, 0.2) is 0 Å². The lowest BCUT2D eigenvalue weighted by atomic mass is 10.2. The Labute approximate surface area is 102 Å². The highest BCUT2D eigenvalue weighted by Gasteiger charge is 2.11. The third kappa shape index (κ3) is 6.96. The first-order chi connectivity index (χ1) is 6.61. The summed E-state index contributed by atoms with van der Waals surface area (Å²) in [5.41, 5.74) is 0. The van der Waals surface area contributed by atoms with E-state index in [4.69, 9.17) is 12.2 Å². The number of thioether (sulfide) groups is 2. The van der Waals surface area contributed by atoms with Crippen molar-refractivity contribution < 1.29 is 0 Å². The molecule has 1 nitrogen and oxygen atoms in total. The molecule has 0 aliphatic rings. The SMILES string of the molecule is CCCCCC(SC)SC(=S)N(C)C. The molecule has 1 unspecified atom stereocenters. The van der Waals surface area contributed by atoms with Crippen LogP contribution in [0.5, 0.6) is 0 Å². The molecule has 4 heteroatoms. The maximum atomic E-state index is 5.27. The lowest BCUT2D eigenvalue weighted by Gasteiger charge is -2.18. The van der Waals surface area contributed by atoms with Crippen LogP contribution in [0, 0.1) is 0 Å². The minimum atomic E-state index is 0.636. The zero-order chi connectivity index (χ0) is 11.0. The molecule has 0 aromatic rings. The topological polar surface area (TPSA) is 3.24 Å². The van der Waals surface area contributed by atoms with Gasteiger partial charge in [0.2, 0.25) is 0 Å². The lowest BCUT2D eigenvalue weighted by molar-refractivity contribution is 0.647. The standard InChI is InChI=1S/C10H21NS3/c1-5-6-7-8-9(13-4)14-10(12)11(2)3/h9H,5-8H2,1-4H3. The first-order valence-electron chi connectivity index (χ1n) is 5.02. The first-order valence-corrected chi connectivity index (χ1v) is 7.60. The van der Waals surface area contributed by atoms with Crippen molar-refractivity contribution in [3.05, 3.63) is 0 Å². The quantitative estimate of drug-likeness (QED) is 0.401. The largest absolute Gasteiger partial charge is 0.364 e. The fraction of sp³-hybridized carbons (Fsp3) is 0.900. The summed E-state index contributed by atoms with van der Waals surface area (Å²) in [5.74, 6) is 0. The summed E-state index contributed by atoms with van der Waals surface area (Å²) >= 11 is 9.01. The Morgan fingerprint density at radius 1 is 1.36 bits per heavy atom. The fourth-order valence-corrected chi connectivity index (χ4v) is 3.32. The number of hydrogen-bond acceptors (Lipinski definition) is 3. The predicted molar refractivity (Wildman–Crippen MR) is 75.3 cm³/mol. The first kappa shape index (κ1) is 14.6. The molecule has 0 bridgehead atoms. The Kier molecular flexibility index (Phi) is 9.24. The molecule has 84 valence electrons. The van der Waals surface area contributed by atoms with E-state index in [0.29, 0.717) is 4.58 Å². The van der Waals surface area contributed by atoms with Crippen molar-refractivity contribution in [3.8, 4) is 0 Å². The van der Waals surface area contributed by atoms with Gasteiger partial charge in [-0.1, -0.05) is 50.2 Å². The van der Waals surface area contributed by atoms with Gasteiger partial charge in [0.15, 0.2) is 0 Å². The van der Waals surface area contributed by atoms with Gasteiger partial charge in [-0.25, -0.2) is 0 Å². The molecule has 0 aromatic carbocycles. The van der Waals surface area contributed by atoms with Crippen LogP contribution in [0.3, 0.4) is 0 Å². The van der Waals surface area contributed by atoms with Crippen molar-refractivity contribution in [3.63, 3.8) is 0 Å². The Balaban J connectivity index is 3.73. The van der Waals surface area contributed by atoms with E-state index >= 15 is 0 Å². The lowest BCUT2D eigenvalue weighted by Crippen LogP contribution is -2.18. The highest BCUT2D eigenvalue weighted by molar-refractivity contribution is 8.30. The van der Waals surface area contributed by atoms with Crippen molar-refractivity contribution in [1.29, 1.82) is 0 Å². The van der Waals surface area contributed by atoms with E-state index in [-0.39, 0.29) is 0 Å². The third-order valence-electron chi connectivity index (χ3n) is 1.90. The summed E-state index contributed by atoms with van der Waals surface area (Å²) in [6.45, 7) is 2.24. The number of hydrogen-bond donors (Lipinski definition) is 0. The highest BCUT2D eigenvalue weighted by Crippen LogP contribution is 2.28. The summed E-state index contributed by atoms with van der Waals surface area (Å²) in [6.07, 6.45) is 7.40. The molecular weight excluding hydrogens is 230 g/mol. The summed E-state index contributed by atoms with van der Waals surface area (Å²) in [7, 11) is 4.03. The minimum Gasteiger partial charge on any atom is -0.364 e. The molecule has 0 aliphatic carbocycles. The molecule has 0 rings (SSSR count). The van der Waals surface area contributed by atoms with E-state index in [2.05, 4.69) is 13.2 Å². The van der Waals surface area contributed by atoms with Crippen LogP contribution in [-0.2, 0) is 0 Å². The maximum Gasteiger partial charge on any atom is 0.136 e. The number of rotatable bonds is 6. The molecule has 1 atom stereocenters. The Morgan fingerprint density at radius 3 is 2.43 bits per heavy atom. The molecule has 0 radical (unpaired) electrons. The van der Waals surface area contributed by atoms with Gasteiger partial charge in [0.05, 0.1) is 4.58 Å². The highest BCUT2D eigenvalue weighted by atomic mass is 32.2. The molecule has 0 aromatic heterocycles. The van der Waals surface area contributed by atoms with Crippen LogP contribution < -0.4 is 0 Å². The van der Waals surface area contributed by atoms with Crippen LogP contribution in [0.1, 0.15) is 32.6 Å². The van der Waals surface area contributed by atoms with Gasteiger partial charge in [0.1, 0.15) is 4.32 Å². The normalized spacial score (nSPS) is 12.6. The average molecular weight is 251 g/mol. The Hall–Kier alpha value is 0.590. The molecule has 14 heavy (non-hydrogen) atoms. The molecule has 0 aliphatic heterocycles. The van der Waals surface area contributed by atoms with Gasteiger partial charge < -0.3 is 4.90 Å². The van der Waals surface area contributed by atoms with Gasteiger partial charge in [0, 0.05) is 14.1 Å².